The second-order valence-corrected chi connectivity index (χ2v) is 8.37. The predicted molar refractivity (Wildman–Crippen MR) is 96.1 cm³/mol. The Hall–Kier alpha value is -1.13. The summed E-state index contributed by atoms with van der Waals surface area (Å²) in [6.45, 7) is 2.62. The van der Waals surface area contributed by atoms with Gasteiger partial charge in [0, 0.05) is 0 Å². The van der Waals surface area contributed by atoms with Crippen molar-refractivity contribution < 1.29 is 28.7 Å². The maximum atomic E-state index is 12.3. The first-order valence-electron chi connectivity index (χ1n) is 7.61. The first-order valence-corrected chi connectivity index (χ1v) is 10.7. The molecule has 0 aromatic carbocycles. The molecule has 0 aliphatic rings. The maximum Gasteiger partial charge on any atom is 0.347 e. The van der Waals surface area contributed by atoms with Crippen LogP contribution in [0.4, 0.5) is 0 Å². The minimum atomic E-state index is -4.46. The van der Waals surface area contributed by atoms with Crippen molar-refractivity contribution >= 4 is 37.1 Å². The molecule has 0 aliphatic carbocycles. The van der Waals surface area contributed by atoms with Gasteiger partial charge in [-0.25, -0.2) is 0 Å². The lowest BCUT2D eigenvalue weighted by Crippen LogP contribution is -2.54. The van der Waals surface area contributed by atoms with Crippen LogP contribution in [0.15, 0.2) is 0 Å². The summed E-state index contributed by atoms with van der Waals surface area (Å²) in [5.41, 5.74) is 0. The van der Waals surface area contributed by atoms with Crippen LogP contribution >= 0.6 is 19.4 Å². The standard InChI is InChI=1S/C13H27N4O6PS/c1-8(12(19)16-9(2)24(21,22)23)15-13(20)10(5-6-25-4)17-11(18)7-14-3/h8-10,14H,5-7H2,1-4H3,(H,15,20)(H,16,19)(H,17,18)(H2,21,22,23)/t8-,9+,10-/m0/s1. The largest absolute Gasteiger partial charge is 0.347 e. The number of nitrogens with one attached hydrogen (secondary N) is 4. The van der Waals surface area contributed by atoms with E-state index in [1.165, 1.54) is 25.6 Å². The summed E-state index contributed by atoms with van der Waals surface area (Å²) in [4.78, 5) is 53.9. The lowest BCUT2D eigenvalue weighted by Gasteiger charge is -2.22. The number of carbonyl (C=O) groups is 3. The molecule has 3 atom stereocenters. The van der Waals surface area contributed by atoms with Gasteiger partial charge < -0.3 is 31.1 Å². The number of amides is 3. The second kappa shape index (κ2) is 11.5. The molecule has 0 bridgehead atoms. The van der Waals surface area contributed by atoms with E-state index in [1.807, 2.05) is 6.26 Å². The van der Waals surface area contributed by atoms with Crippen molar-refractivity contribution in [3.05, 3.63) is 0 Å². The number of hydrogen-bond donors (Lipinski definition) is 6. The zero-order valence-corrected chi connectivity index (χ0v) is 16.4. The van der Waals surface area contributed by atoms with Crippen LogP contribution in [0.25, 0.3) is 0 Å². The summed E-state index contributed by atoms with van der Waals surface area (Å²) < 4.78 is 11.1. The van der Waals surface area contributed by atoms with Gasteiger partial charge in [-0.3, -0.25) is 18.9 Å². The fourth-order valence-electron chi connectivity index (χ4n) is 1.70. The van der Waals surface area contributed by atoms with Crippen LogP contribution in [-0.4, -0.2) is 71.0 Å². The SMILES string of the molecule is CNCC(=O)N[C@@H](CCSC)C(=O)N[C@@H](C)C(=O)N[C@@H](C)P(=O)(O)O. The molecule has 0 fully saturated rings. The Kier molecular flexibility index (Phi) is 11.0. The van der Waals surface area contributed by atoms with Crippen molar-refractivity contribution in [2.24, 2.45) is 0 Å². The molecule has 25 heavy (non-hydrogen) atoms. The molecule has 0 unspecified atom stereocenters. The van der Waals surface area contributed by atoms with Crippen LogP contribution in [0.5, 0.6) is 0 Å². The first kappa shape index (κ1) is 23.9. The molecule has 0 aromatic heterocycles. The summed E-state index contributed by atoms with van der Waals surface area (Å²) >= 11 is 1.51. The van der Waals surface area contributed by atoms with Crippen molar-refractivity contribution in [2.45, 2.75) is 38.1 Å². The van der Waals surface area contributed by atoms with Gasteiger partial charge in [-0.15, -0.1) is 0 Å². The molecule has 146 valence electrons. The van der Waals surface area contributed by atoms with E-state index < -0.39 is 37.3 Å². The average molecular weight is 398 g/mol. The second-order valence-electron chi connectivity index (χ2n) is 5.44. The van der Waals surface area contributed by atoms with Gasteiger partial charge in [-0.1, -0.05) is 0 Å². The molecule has 12 heteroatoms. The topological polar surface area (TPSA) is 157 Å². The smallest absolute Gasteiger partial charge is 0.343 e. The van der Waals surface area contributed by atoms with Gasteiger partial charge in [-0.05, 0) is 39.3 Å². The average Bonchev–Trinajstić information content (AvgIpc) is 2.50. The number of carbonyl (C=O) groups excluding carboxylic acids is 3. The lowest BCUT2D eigenvalue weighted by molar-refractivity contribution is -0.131. The van der Waals surface area contributed by atoms with E-state index in [1.54, 1.807) is 7.05 Å². The molecular weight excluding hydrogens is 371 g/mol. The van der Waals surface area contributed by atoms with E-state index in [4.69, 9.17) is 9.79 Å². The van der Waals surface area contributed by atoms with Crippen molar-refractivity contribution in [1.82, 2.24) is 21.3 Å². The lowest BCUT2D eigenvalue weighted by atomic mass is 10.2. The summed E-state index contributed by atoms with van der Waals surface area (Å²) in [6.07, 6.45) is 2.25. The highest BCUT2D eigenvalue weighted by Crippen LogP contribution is 2.39. The van der Waals surface area contributed by atoms with Crippen LogP contribution in [0.1, 0.15) is 20.3 Å². The van der Waals surface area contributed by atoms with Crippen molar-refractivity contribution in [1.29, 1.82) is 0 Å². The third-order valence-electron chi connectivity index (χ3n) is 3.21. The zero-order valence-electron chi connectivity index (χ0n) is 14.7. The normalized spacial score (nSPS) is 15.0. The Balaban J connectivity index is 4.76. The third kappa shape index (κ3) is 9.81. The highest BCUT2D eigenvalue weighted by molar-refractivity contribution is 7.98. The number of likely N-dealkylation sites (N-methyl/N-ethyl adjacent to an activating group) is 1. The van der Waals surface area contributed by atoms with Crippen LogP contribution < -0.4 is 21.3 Å². The molecular formula is C13H27N4O6PS. The van der Waals surface area contributed by atoms with E-state index in [0.29, 0.717) is 12.2 Å². The van der Waals surface area contributed by atoms with Gasteiger partial charge >= 0.3 is 7.60 Å². The fraction of sp³-hybridized carbons (Fsp3) is 0.769. The van der Waals surface area contributed by atoms with Gasteiger partial charge in [0.05, 0.1) is 6.54 Å². The van der Waals surface area contributed by atoms with E-state index in [2.05, 4.69) is 21.3 Å². The van der Waals surface area contributed by atoms with E-state index in [0.717, 1.165) is 0 Å². The fourth-order valence-corrected chi connectivity index (χ4v) is 2.47. The van der Waals surface area contributed by atoms with Crippen molar-refractivity contribution in [3.63, 3.8) is 0 Å². The summed E-state index contributed by atoms with van der Waals surface area (Å²) in [6, 6.07) is -1.82. The van der Waals surface area contributed by atoms with Gasteiger partial charge in [0.1, 0.15) is 17.9 Å². The highest BCUT2D eigenvalue weighted by Gasteiger charge is 2.29. The minimum absolute atomic E-state index is 0.0545. The Morgan fingerprint density at radius 1 is 1.08 bits per heavy atom. The Bertz CT molecular complexity index is 515. The van der Waals surface area contributed by atoms with E-state index in [-0.39, 0.29) is 12.5 Å². The molecule has 0 heterocycles. The van der Waals surface area contributed by atoms with Gasteiger partial charge in [-0.2, -0.15) is 11.8 Å². The third-order valence-corrected chi connectivity index (χ3v) is 4.99. The summed E-state index contributed by atoms with van der Waals surface area (Å²) in [7, 11) is -2.85. The summed E-state index contributed by atoms with van der Waals surface area (Å²) in [5, 5.41) is 9.85. The monoisotopic (exact) mass is 398 g/mol. The van der Waals surface area contributed by atoms with Gasteiger partial charge in [0.2, 0.25) is 17.7 Å². The number of rotatable bonds is 11. The van der Waals surface area contributed by atoms with Crippen molar-refractivity contribution in [2.75, 3.05) is 25.6 Å². The molecule has 6 N–H and O–H groups in total. The molecule has 0 rings (SSSR count). The van der Waals surface area contributed by atoms with E-state index >= 15 is 0 Å². The predicted octanol–water partition coefficient (Wildman–Crippen LogP) is -1.41. The summed E-state index contributed by atoms with van der Waals surface area (Å²) in [5.74, 6) is -2.34. The molecule has 0 aromatic rings. The molecule has 0 radical (unpaired) electrons. The quantitative estimate of drug-likeness (QED) is 0.232. The van der Waals surface area contributed by atoms with E-state index in [9.17, 15) is 18.9 Å². The Labute approximate surface area is 151 Å². The molecule has 0 spiro atoms. The Morgan fingerprint density at radius 3 is 2.16 bits per heavy atom. The molecule has 0 aliphatic heterocycles. The van der Waals surface area contributed by atoms with Crippen LogP contribution in [0, 0.1) is 0 Å². The molecule has 0 saturated carbocycles. The number of hydrogen-bond acceptors (Lipinski definition) is 6. The van der Waals surface area contributed by atoms with Crippen LogP contribution in [0.3, 0.4) is 0 Å². The van der Waals surface area contributed by atoms with Crippen molar-refractivity contribution in [3.8, 4) is 0 Å². The molecule has 0 saturated heterocycles. The van der Waals surface area contributed by atoms with Gasteiger partial charge in [0.25, 0.3) is 0 Å². The van der Waals surface area contributed by atoms with Crippen LogP contribution in [-0.2, 0) is 18.9 Å². The van der Waals surface area contributed by atoms with Crippen LogP contribution in [0.2, 0.25) is 0 Å². The maximum absolute atomic E-state index is 12.3. The highest BCUT2D eigenvalue weighted by atomic mass is 32.2. The van der Waals surface area contributed by atoms with Gasteiger partial charge in [0.15, 0.2) is 0 Å². The minimum Gasteiger partial charge on any atom is -0.343 e. The number of thioether (sulfide) groups is 1. The molecule has 3 amide bonds. The zero-order chi connectivity index (χ0) is 19.6. The first-order chi connectivity index (χ1) is 11.5. The molecule has 10 nitrogen and oxygen atoms in total. The Morgan fingerprint density at radius 2 is 1.68 bits per heavy atom.